The Bertz CT molecular complexity index is 1150. The van der Waals surface area contributed by atoms with Crippen molar-refractivity contribution in [2.24, 2.45) is 64.9 Å². The third kappa shape index (κ3) is 11.3. The number of aliphatic hydroxyl groups is 2. The summed E-state index contributed by atoms with van der Waals surface area (Å²) in [6, 6.07) is 0. The third-order valence-electron chi connectivity index (χ3n) is 14.0. The average Bonchev–Trinajstić information content (AvgIpc) is 3.29. The summed E-state index contributed by atoms with van der Waals surface area (Å²) < 4.78 is 5.75. The first-order chi connectivity index (χ1) is 24.7. The molecule has 1 saturated heterocycles. The fraction of sp³-hybridized carbons (Fsp3) is 0.907. The number of methoxy groups -OCH3 is 1. The highest BCUT2D eigenvalue weighted by atomic mass is 16.5. The van der Waals surface area contributed by atoms with E-state index in [9.17, 15) is 19.8 Å². The SMILES string of the molecule is CCCNCC(O)C(CCC)C1CC(CC2CCNC(N)C2)CC2C#CC(C3CCCCC3)C3CC(O)C(OC)CC3CCC(=O)CC(=O)C2C1. The van der Waals surface area contributed by atoms with Gasteiger partial charge in [0.2, 0.25) is 0 Å². The summed E-state index contributed by atoms with van der Waals surface area (Å²) in [4.78, 5) is 28.1. The van der Waals surface area contributed by atoms with Crippen molar-refractivity contribution in [3.63, 3.8) is 0 Å². The van der Waals surface area contributed by atoms with E-state index in [1.54, 1.807) is 7.11 Å². The van der Waals surface area contributed by atoms with Crippen molar-refractivity contribution < 1.29 is 24.5 Å². The summed E-state index contributed by atoms with van der Waals surface area (Å²) in [5.41, 5.74) is 6.40. The van der Waals surface area contributed by atoms with Gasteiger partial charge in [0, 0.05) is 37.8 Å². The van der Waals surface area contributed by atoms with Crippen molar-refractivity contribution in [3.05, 3.63) is 0 Å². The Labute approximate surface area is 310 Å². The lowest BCUT2D eigenvalue weighted by Gasteiger charge is -2.44. The van der Waals surface area contributed by atoms with Gasteiger partial charge in [-0.1, -0.05) is 51.4 Å². The quantitative estimate of drug-likeness (QED) is 0.0945. The van der Waals surface area contributed by atoms with E-state index in [1.807, 2.05) is 0 Å². The van der Waals surface area contributed by atoms with Crippen LogP contribution in [0.5, 0.6) is 0 Å². The van der Waals surface area contributed by atoms with E-state index in [0.29, 0.717) is 43.6 Å². The van der Waals surface area contributed by atoms with Gasteiger partial charge in [0.1, 0.15) is 11.6 Å². The van der Waals surface area contributed by atoms with Crippen molar-refractivity contribution in [3.8, 4) is 11.8 Å². The van der Waals surface area contributed by atoms with E-state index in [-0.39, 0.29) is 71.7 Å². The molecular weight excluding hydrogens is 638 g/mol. The van der Waals surface area contributed by atoms with Crippen LogP contribution in [-0.2, 0) is 14.3 Å². The van der Waals surface area contributed by atoms with Gasteiger partial charge in [-0.25, -0.2) is 0 Å². The van der Waals surface area contributed by atoms with E-state index >= 15 is 0 Å². The second-order valence-electron chi connectivity index (χ2n) is 17.6. The number of piperidine rings is 1. The van der Waals surface area contributed by atoms with Crippen molar-refractivity contribution in [1.29, 1.82) is 0 Å². The molecule has 0 spiro atoms. The fourth-order valence-electron chi connectivity index (χ4n) is 11.4. The first-order valence-electron chi connectivity index (χ1n) is 21.3. The monoisotopic (exact) mass is 712 g/mol. The molecule has 1 aliphatic heterocycles. The molecule has 4 fully saturated rings. The van der Waals surface area contributed by atoms with Crippen molar-refractivity contribution in [2.75, 3.05) is 26.7 Å². The molecule has 0 radical (unpaired) electrons. The summed E-state index contributed by atoms with van der Waals surface area (Å²) in [5.74, 6) is 9.91. The van der Waals surface area contributed by atoms with Crippen LogP contribution in [0.2, 0.25) is 0 Å². The van der Waals surface area contributed by atoms with Crippen LogP contribution in [0.1, 0.15) is 136 Å². The lowest BCUT2D eigenvalue weighted by atomic mass is 9.63. The topological polar surface area (TPSA) is 134 Å². The lowest BCUT2D eigenvalue weighted by Crippen LogP contribution is -2.44. The van der Waals surface area contributed by atoms with Crippen LogP contribution < -0.4 is 16.4 Å². The number of Topliss-reactive ketones (excluding diaryl/α,β-unsaturated/α-hetero) is 2. The Morgan fingerprint density at radius 1 is 0.941 bits per heavy atom. The van der Waals surface area contributed by atoms with Gasteiger partial charge in [-0.05, 0) is 138 Å². The zero-order valence-electron chi connectivity index (χ0n) is 32.3. The number of carbonyl (C=O) groups is 2. The molecule has 5 rings (SSSR count). The number of ether oxygens (including phenoxy) is 1. The van der Waals surface area contributed by atoms with Gasteiger partial charge in [0.15, 0.2) is 0 Å². The number of nitrogens with one attached hydrogen (secondary N) is 2. The number of carbonyl (C=O) groups excluding carboxylic acids is 2. The zero-order valence-corrected chi connectivity index (χ0v) is 32.3. The summed E-state index contributed by atoms with van der Waals surface area (Å²) in [6.45, 7) is 6.75. The van der Waals surface area contributed by atoms with Crippen LogP contribution in [0.15, 0.2) is 0 Å². The lowest BCUT2D eigenvalue weighted by molar-refractivity contribution is -0.131. The molecule has 0 amide bonds. The second-order valence-corrected chi connectivity index (χ2v) is 17.6. The molecule has 3 saturated carbocycles. The molecule has 1 heterocycles. The van der Waals surface area contributed by atoms with Crippen molar-refractivity contribution in [2.45, 2.75) is 160 Å². The highest BCUT2D eigenvalue weighted by Gasteiger charge is 2.45. The van der Waals surface area contributed by atoms with Crippen LogP contribution in [0, 0.1) is 71.0 Å². The highest BCUT2D eigenvalue weighted by molar-refractivity contribution is 6.00. The van der Waals surface area contributed by atoms with Gasteiger partial charge in [0.05, 0.1) is 30.9 Å². The largest absolute Gasteiger partial charge is 0.392 e. The Balaban J connectivity index is 1.53. The Morgan fingerprint density at radius 3 is 2.47 bits per heavy atom. The number of hydrogen-bond acceptors (Lipinski definition) is 8. The molecule has 5 aliphatic rings. The summed E-state index contributed by atoms with van der Waals surface area (Å²) >= 11 is 0. The minimum atomic E-state index is -0.518. The first kappa shape index (κ1) is 40.8. The van der Waals surface area contributed by atoms with Crippen LogP contribution in [-0.4, -0.2) is 73.0 Å². The Morgan fingerprint density at radius 2 is 1.75 bits per heavy atom. The number of nitrogens with two attached hydrogens (primary N) is 1. The molecule has 13 unspecified atom stereocenters. The highest BCUT2D eigenvalue weighted by Crippen LogP contribution is 2.47. The maximum Gasteiger partial charge on any atom is 0.144 e. The molecule has 0 aromatic carbocycles. The summed E-state index contributed by atoms with van der Waals surface area (Å²) in [6.07, 6.45) is 16.1. The molecule has 51 heavy (non-hydrogen) atoms. The molecule has 290 valence electrons. The van der Waals surface area contributed by atoms with Gasteiger partial charge in [-0.3, -0.25) is 9.59 Å². The number of aliphatic hydroxyl groups excluding tert-OH is 2. The van der Waals surface area contributed by atoms with Gasteiger partial charge in [-0.2, -0.15) is 0 Å². The minimum absolute atomic E-state index is 0.0117. The number of hydrogen-bond donors (Lipinski definition) is 5. The first-order valence-corrected chi connectivity index (χ1v) is 21.3. The van der Waals surface area contributed by atoms with Gasteiger partial charge < -0.3 is 31.3 Å². The average molecular weight is 712 g/mol. The predicted molar refractivity (Wildman–Crippen MR) is 203 cm³/mol. The van der Waals surface area contributed by atoms with Crippen LogP contribution in [0.4, 0.5) is 0 Å². The maximum absolute atomic E-state index is 14.4. The molecule has 13 atom stereocenters. The Hall–Kier alpha value is -1.34. The Kier molecular flexibility index (Phi) is 16.3. The molecule has 6 N–H and O–H groups in total. The second kappa shape index (κ2) is 20.4. The third-order valence-corrected chi connectivity index (χ3v) is 14.0. The number of ketones is 2. The van der Waals surface area contributed by atoms with Crippen molar-refractivity contribution in [1.82, 2.24) is 10.6 Å². The standard InChI is InChI=1S/C43H73N3O5/c1-4-9-36(41(50)27-45-17-5-2)33-21-29(19-28-16-18-46-43(44)22-28)20-31-13-15-35(30-10-7-6-8-11-30)37-26-40(49)42(51-3)24-32(37)12-14-34(47)25-39(48)38(31)23-33/h28-33,35-38,40-43,45-46,49-50H,4-12,14,16-27,44H2,1-3H3. The van der Waals surface area contributed by atoms with Crippen LogP contribution >= 0.6 is 0 Å². The number of fused-ring (bicyclic) bond motifs is 2. The summed E-state index contributed by atoms with van der Waals surface area (Å²) in [5, 5.41) is 29.8. The van der Waals surface area contributed by atoms with Gasteiger partial charge in [0.25, 0.3) is 0 Å². The van der Waals surface area contributed by atoms with E-state index in [2.05, 4.69) is 36.3 Å². The maximum atomic E-state index is 14.4. The molecule has 4 aliphatic carbocycles. The molecule has 8 heteroatoms. The molecule has 8 nitrogen and oxygen atoms in total. The van der Waals surface area contributed by atoms with E-state index in [1.165, 1.54) is 32.1 Å². The van der Waals surface area contributed by atoms with E-state index < -0.39 is 12.2 Å². The van der Waals surface area contributed by atoms with Crippen LogP contribution in [0.25, 0.3) is 0 Å². The molecule has 0 aromatic heterocycles. The van der Waals surface area contributed by atoms with E-state index in [4.69, 9.17) is 10.5 Å². The summed E-state index contributed by atoms with van der Waals surface area (Å²) in [7, 11) is 1.69. The normalized spacial score (nSPS) is 38.5. The van der Waals surface area contributed by atoms with E-state index in [0.717, 1.165) is 77.3 Å². The van der Waals surface area contributed by atoms with Gasteiger partial charge >= 0.3 is 0 Å². The zero-order chi connectivity index (χ0) is 36.3. The smallest absolute Gasteiger partial charge is 0.144 e. The van der Waals surface area contributed by atoms with Crippen LogP contribution in [0.3, 0.4) is 0 Å². The fourth-order valence-corrected chi connectivity index (χ4v) is 11.4. The molecular formula is C43H73N3O5. The molecule has 0 bridgehead atoms. The number of rotatable bonds is 12. The predicted octanol–water partition coefficient (Wildman–Crippen LogP) is 6.01. The molecule has 0 aromatic rings. The minimum Gasteiger partial charge on any atom is -0.392 e. The van der Waals surface area contributed by atoms with Gasteiger partial charge in [-0.15, -0.1) is 0 Å². The van der Waals surface area contributed by atoms with Crippen molar-refractivity contribution >= 4 is 11.6 Å².